The minimum atomic E-state index is -0.731. The average molecular weight is 401 g/mol. The summed E-state index contributed by atoms with van der Waals surface area (Å²) in [5.74, 6) is -1.61. The zero-order chi connectivity index (χ0) is 19.9. The zero-order valence-electron chi connectivity index (χ0n) is 15.7. The minimum absolute atomic E-state index is 0.0774. The van der Waals surface area contributed by atoms with E-state index in [2.05, 4.69) is 32.3 Å². The number of thiophene rings is 1. The largest absolute Gasteiger partial charge is 0.346 e. The van der Waals surface area contributed by atoms with Gasteiger partial charge in [0, 0.05) is 24.8 Å². The summed E-state index contributed by atoms with van der Waals surface area (Å²) in [6.45, 7) is 3.79. The molecule has 1 atom stereocenters. The van der Waals surface area contributed by atoms with Gasteiger partial charge in [-0.2, -0.15) is 11.3 Å². The molecule has 28 heavy (non-hydrogen) atoms. The first-order valence-electron chi connectivity index (χ1n) is 9.26. The number of likely N-dealkylation sites (tertiary alicyclic amines) is 1. The normalized spacial score (nSPS) is 15.0. The standard InChI is InChI=1S/C20H24N4O3S/c1-14(25)22-16-5-4-6-17(11-16)23-20(27)19(26)21-12-18(15-7-10-28-13-15)24-8-2-3-9-24/h4-7,10-11,13,18H,2-3,8-9,12H2,1H3,(H,21,26)(H,22,25)(H,23,27). The van der Waals surface area contributed by atoms with Crippen LogP contribution in [-0.4, -0.2) is 42.3 Å². The summed E-state index contributed by atoms with van der Waals surface area (Å²) >= 11 is 1.63. The van der Waals surface area contributed by atoms with Gasteiger partial charge in [-0.05, 0) is 66.5 Å². The van der Waals surface area contributed by atoms with E-state index < -0.39 is 11.8 Å². The molecule has 0 bridgehead atoms. The second kappa shape index (κ2) is 9.48. The molecule has 3 N–H and O–H groups in total. The maximum absolute atomic E-state index is 12.3. The lowest BCUT2D eigenvalue weighted by Gasteiger charge is -2.27. The van der Waals surface area contributed by atoms with E-state index in [0.29, 0.717) is 17.9 Å². The van der Waals surface area contributed by atoms with E-state index in [9.17, 15) is 14.4 Å². The summed E-state index contributed by atoms with van der Waals surface area (Å²) in [6, 6.07) is 8.80. The van der Waals surface area contributed by atoms with E-state index in [4.69, 9.17) is 0 Å². The SMILES string of the molecule is CC(=O)Nc1cccc(NC(=O)C(=O)NCC(c2ccsc2)N2CCCC2)c1. The molecule has 8 heteroatoms. The third kappa shape index (κ3) is 5.40. The van der Waals surface area contributed by atoms with Gasteiger partial charge in [-0.15, -0.1) is 0 Å². The summed E-state index contributed by atoms with van der Waals surface area (Å²) in [4.78, 5) is 38.0. The Hall–Kier alpha value is -2.71. The second-order valence-corrected chi connectivity index (χ2v) is 7.52. The Labute approximate surface area is 168 Å². The Morgan fingerprint density at radius 3 is 2.43 bits per heavy atom. The van der Waals surface area contributed by atoms with Crippen LogP contribution >= 0.6 is 11.3 Å². The molecule has 148 valence electrons. The maximum Gasteiger partial charge on any atom is 0.313 e. The molecule has 2 heterocycles. The quantitative estimate of drug-likeness (QED) is 0.650. The Kier molecular flexibility index (Phi) is 6.78. The lowest BCUT2D eigenvalue weighted by molar-refractivity contribution is -0.136. The molecule has 1 saturated heterocycles. The molecule has 1 fully saturated rings. The molecule has 0 saturated carbocycles. The molecule has 1 aliphatic heterocycles. The Bertz CT molecular complexity index is 832. The topological polar surface area (TPSA) is 90.5 Å². The number of carbonyl (C=O) groups excluding carboxylic acids is 3. The third-order valence-corrected chi connectivity index (χ3v) is 5.31. The van der Waals surface area contributed by atoms with Crippen LogP contribution in [0, 0.1) is 0 Å². The van der Waals surface area contributed by atoms with Crippen LogP contribution in [-0.2, 0) is 14.4 Å². The molecule has 3 rings (SSSR count). The van der Waals surface area contributed by atoms with Crippen molar-refractivity contribution in [2.45, 2.75) is 25.8 Å². The van der Waals surface area contributed by atoms with Gasteiger partial charge in [-0.3, -0.25) is 19.3 Å². The van der Waals surface area contributed by atoms with Crippen LogP contribution in [0.4, 0.5) is 11.4 Å². The number of nitrogens with zero attached hydrogens (tertiary/aromatic N) is 1. The van der Waals surface area contributed by atoms with Crippen molar-refractivity contribution < 1.29 is 14.4 Å². The van der Waals surface area contributed by atoms with E-state index in [1.54, 1.807) is 35.6 Å². The smallest absolute Gasteiger partial charge is 0.313 e. The fourth-order valence-corrected chi connectivity index (χ4v) is 4.02. The van der Waals surface area contributed by atoms with Crippen LogP contribution in [0.3, 0.4) is 0 Å². The molecule has 2 aromatic rings. The number of amides is 3. The highest BCUT2D eigenvalue weighted by Crippen LogP contribution is 2.26. The molecular formula is C20H24N4O3S. The predicted molar refractivity (Wildman–Crippen MR) is 110 cm³/mol. The Morgan fingerprint density at radius 1 is 1.07 bits per heavy atom. The highest BCUT2D eigenvalue weighted by Gasteiger charge is 2.25. The van der Waals surface area contributed by atoms with E-state index >= 15 is 0 Å². The summed E-state index contributed by atoms with van der Waals surface area (Å²) in [6.07, 6.45) is 2.30. The molecule has 1 unspecified atom stereocenters. The molecule has 1 aromatic carbocycles. The van der Waals surface area contributed by atoms with Gasteiger partial charge in [0.25, 0.3) is 0 Å². The van der Waals surface area contributed by atoms with E-state index in [1.165, 1.54) is 6.92 Å². The van der Waals surface area contributed by atoms with Gasteiger partial charge in [0.1, 0.15) is 0 Å². The molecule has 7 nitrogen and oxygen atoms in total. The first kappa shape index (κ1) is 20.0. The lowest BCUT2D eigenvalue weighted by atomic mass is 10.1. The van der Waals surface area contributed by atoms with Crippen molar-refractivity contribution >= 4 is 40.4 Å². The van der Waals surface area contributed by atoms with Gasteiger partial charge >= 0.3 is 11.8 Å². The highest BCUT2D eigenvalue weighted by atomic mass is 32.1. The van der Waals surface area contributed by atoms with Crippen molar-refractivity contribution in [1.82, 2.24) is 10.2 Å². The van der Waals surface area contributed by atoms with Gasteiger partial charge in [-0.25, -0.2) is 0 Å². The number of nitrogens with one attached hydrogen (secondary N) is 3. The van der Waals surface area contributed by atoms with Gasteiger partial charge < -0.3 is 16.0 Å². The highest BCUT2D eigenvalue weighted by molar-refractivity contribution is 7.08. The average Bonchev–Trinajstić information content (AvgIpc) is 3.36. The van der Waals surface area contributed by atoms with Crippen molar-refractivity contribution in [3.05, 3.63) is 46.7 Å². The monoisotopic (exact) mass is 400 g/mol. The van der Waals surface area contributed by atoms with E-state index in [0.717, 1.165) is 31.5 Å². The molecule has 3 amide bonds. The summed E-state index contributed by atoms with van der Waals surface area (Å²) < 4.78 is 0. The van der Waals surface area contributed by atoms with E-state index in [1.807, 2.05) is 5.38 Å². The van der Waals surface area contributed by atoms with Crippen molar-refractivity contribution in [2.24, 2.45) is 0 Å². The van der Waals surface area contributed by atoms with Gasteiger partial charge in [0.05, 0.1) is 6.04 Å². The van der Waals surface area contributed by atoms with Crippen molar-refractivity contribution in [1.29, 1.82) is 0 Å². The van der Waals surface area contributed by atoms with Crippen LogP contribution in [0.15, 0.2) is 41.1 Å². The summed E-state index contributed by atoms with van der Waals surface area (Å²) in [7, 11) is 0. The predicted octanol–water partition coefficient (Wildman–Crippen LogP) is 2.60. The fourth-order valence-electron chi connectivity index (χ4n) is 3.31. The van der Waals surface area contributed by atoms with Crippen LogP contribution in [0.5, 0.6) is 0 Å². The van der Waals surface area contributed by atoms with E-state index in [-0.39, 0.29) is 11.9 Å². The number of benzene rings is 1. The van der Waals surface area contributed by atoms with Gasteiger partial charge in [0.2, 0.25) is 5.91 Å². The second-order valence-electron chi connectivity index (χ2n) is 6.74. The summed E-state index contributed by atoms with van der Waals surface area (Å²) in [5, 5.41) is 12.1. The third-order valence-electron chi connectivity index (χ3n) is 4.61. The van der Waals surface area contributed by atoms with Crippen LogP contribution in [0.25, 0.3) is 0 Å². The molecule has 1 aromatic heterocycles. The molecule has 1 aliphatic rings. The van der Waals surface area contributed by atoms with Gasteiger partial charge in [-0.1, -0.05) is 6.07 Å². The molecule has 0 radical (unpaired) electrons. The Balaban J connectivity index is 1.57. The maximum atomic E-state index is 12.3. The summed E-state index contributed by atoms with van der Waals surface area (Å²) in [5.41, 5.74) is 2.16. The van der Waals surface area contributed by atoms with Crippen molar-refractivity contribution in [2.75, 3.05) is 30.3 Å². The number of anilines is 2. The first-order chi connectivity index (χ1) is 13.5. The van der Waals surface area contributed by atoms with Crippen LogP contribution in [0.2, 0.25) is 0 Å². The number of carbonyl (C=O) groups is 3. The minimum Gasteiger partial charge on any atom is -0.346 e. The van der Waals surface area contributed by atoms with Crippen molar-refractivity contribution in [3.8, 4) is 0 Å². The van der Waals surface area contributed by atoms with Crippen LogP contribution < -0.4 is 16.0 Å². The molecule has 0 aliphatic carbocycles. The molecule has 0 spiro atoms. The fraction of sp³-hybridized carbons (Fsp3) is 0.350. The number of rotatable bonds is 6. The number of hydrogen-bond donors (Lipinski definition) is 3. The first-order valence-corrected chi connectivity index (χ1v) is 10.2. The van der Waals surface area contributed by atoms with Crippen molar-refractivity contribution in [3.63, 3.8) is 0 Å². The van der Waals surface area contributed by atoms with Crippen LogP contribution in [0.1, 0.15) is 31.4 Å². The zero-order valence-corrected chi connectivity index (χ0v) is 16.6. The number of hydrogen-bond acceptors (Lipinski definition) is 5. The molecular weight excluding hydrogens is 376 g/mol. The van der Waals surface area contributed by atoms with Gasteiger partial charge in [0.15, 0.2) is 0 Å². The lowest BCUT2D eigenvalue weighted by Crippen LogP contribution is -2.41. The Morgan fingerprint density at radius 2 is 1.79 bits per heavy atom.